The molecule has 0 radical (unpaired) electrons. The van der Waals surface area contributed by atoms with E-state index in [1.807, 2.05) is 0 Å². The number of amides is 2. The molecule has 1 fully saturated rings. The van der Waals surface area contributed by atoms with Gasteiger partial charge in [-0.3, -0.25) is 0 Å². The Bertz CT molecular complexity index is 1020. The van der Waals surface area contributed by atoms with Gasteiger partial charge in [0.1, 0.15) is 22.8 Å². The SMILES string of the molecule is CN(C)C(=O)N1C[C@H](F)[C@H](NS(C)(=O)=O)[C@@H]1Cc1csc(-c2cc(F)cc(F)c2)n1. The maximum Gasteiger partial charge on any atom is 0.319 e. The van der Waals surface area contributed by atoms with Gasteiger partial charge in [0.15, 0.2) is 0 Å². The molecular weight excluding hydrogens is 441 g/mol. The number of sulfonamides is 1. The molecule has 2 amide bonds. The number of alkyl halides is 1. The number of hydrogen-bond donors (Lipinski definition) is 1. The van der Waals surface area contributed by atoms with E-state index in [2.05, 4.69) is 9.71 Å². The summed E-state index contributed by atoms with van der Waals surface area (Å²) < 4.78 is 67.4. The van der Waals surface area contributed by atoms with Gasteiger partial charge in [0, 0.05) is 37.5 Å². The maximum absolute atomic E-state index is 14.7. The van der Waals surface area contributed by atoms with Gasteiger partial charge in [0.25, 0.3) is 0 Å². The van der Waals surface area contributed by atoms with Gasteiger partial charge in [-0.25, -0.2) is 36.1 Å². The topological polar surface area (TPSA) is 82.6 Å². The normalized spacial score (nSPS) is 21.8. The van der Waals surface area contributed by atoms with Crippen LogP contribution < -0.4 is 4.72 Å². The molecule has 0 saturated carbocycles. The minimum absolute atomic E-state index is 0.0709. The molecule has 1 aliphatic rings. The van der Waals surface area contributed by atoms with Crippen molar-refractivity contribution in [2.45, 2.75) is 24.7 Å². The molecule has 2 aromatic rings. The van der Waals surface area contributed by atoms with Crippen LogP contribution in [0.25, 0.3) is 10.6 Å². The molecule has 1 aromatic heterocycles. The Kier molecular flexibility index (Phi) is 6.39. The lowest BCUT2D eigenvalue weighted by molar-refractivity contribution is 0.161. The third kappa shape index (κ3) is 5.10. The number of nitrogens with one attached hydrogen (secondary N) is 1. The second-order valence-corrected chi connectivity index (χ2v) is 9.97. The first-order chi connectivity index (χ1) is 13.9. The number of hydrogen-bond acceptors (Lipinski definition) is 5. The summed E-state index contributed by atoms with van der Waals surface area (Å²) in [6.45, 7) is -0.263. The van der Waals surface area contributed by atoms with Crippen molar-refractivity contribution in [1.82, 2.24) is 19.5 Å². The van der Waals surface area contributed by atoms with Crippen molar-refractivity contribution in [2.75, 3.05) is 26.9 Å². The highest BCUT2D eigenvalue weighted by Crippen LogP contribution is 2.29. The van der Waals surface area contributed by atoms with Crippen LogP contribution in [0.1, 0.15) is 5.69 Å². The minimum Gasteiger partial charge on any atom is -0.331 e. The van der Waals surface area contributed by atoms with E-state index in [1.54, 1.807) is 5.38 Å². The van der Waals surface area contributed by atoms with Crippen LogP contribution in [0.3, 0.4) is 0 Å². The van der Waals surface area contributed by atoms with E-state index < -0.39 is 45.9 Å². The van der Waals surface area contributed by atoms with Crippen LogP contribution in [0.5, 0.6) is 0 Å². The molecule has 3 rings (SSSR count). The summed E-state index contributed by atoms with van der Waals surface area (Å²) in [7, 11) is -0.691. The average molecular weight is 463 g/mol. The molecule has 164 valence electrons. The van der Waals surface area contributed by atoms with Gasteiger partial charge in [0.2, 0.25) is 10.0 Å². The van der Waals surface area contributed by atoms with Crippen LogP contribution in [0, 0.1) is 11.6 Å². The van der Waals surface area contributed by atoms with Crippen molar-refractivity contribution in [2.24, 2.45) is 0 Å². The van der Waals surface area contributed by atoms with E-state index in [-0.39, 0.29) is 18.5 Å². The third-order valence-corrected chi connectivity index (χ3v) is 6.27. The van der Waals surface area contributed by atoms with Crippen LogP contribution in [-0.4, -0.2) is 74.4 Å². The average Bonchev–Trinajstić information content (AvgIpc) is 3.19. The number of carbonyl (C=O) groups excluding carboxylic acids is 1. The molecule has 1 saturated heterocycles. The number of thiazole rings is 1. The van der Waals surface area contributed by atoms with Crippen molar-refractivity contribution in [3.63, 3.8) is 0 Å². The Balaban J connectivity index is 1.90. The standard InChI is InChI=1S/C18H21F3N4O3S2/c1-24(2)18(26)25-8-14(21)16(23-30(3,27)28)15(25)7-13-9-29-17(22-13)10-4-11(19)6-12(20)5-10/h4-6,9,14-16,23H,7-8H2,1-3H3/t14-,15-,16-/m0/s1. The van der Waals surface area contributed by atoms with Crippen molar-refractivity contribution in [1.29, 1.82) is 0 Å². The summed E-state index contributed by atoms with van der Waals surface area (Å²) >= 11 is 1.14. The first-order valence-corrected chi connectivity index (χ1v) is 11.7. The van der Waals surface area contributed by atoms with Crippen LogP contribution in [0.2, 0.25) is 0 Å². The summed E-state index contributed by atoms with van der Waals surface area (Å²) in [4.78, 5) is 19.4. The van der Waals surface area contributed by atoms with Crippen LogP contribution in [-0.2, 0) is 16.4 Å². The van der Waals surface area contributed by atoms with Crippen LogP contribution >= 0.6 is 11.3 Å². The summed E-state index contributed by atoms with van der Waals surface area (Å²) in [5.41, 5.74) is 0.709. The van der Waals surface area contributed by atoms with E-state index >= 15 is 0 Å². The van der Waals surface area contributed by atoms with Gasteiger partial charge in [-0.2, -0.15) is 0 Å². The molecule has 7 nitrogen and oxygen atoms in total. The molecule has 3 atom stereocenters. The molecular formula is C18H21F3N4O3S2. The Morgan fingerprint density at radius 1 is 1.30 bits per heavy atom. The highest BCUT2D eigenvalue weighted by atomic mass is 32.2. The third-order valence-electron chi connectivity index (χ3n) is 4.63. The van der Waals surface area contributed by atoms with E-state index in [1.165, 1.54) is 23.9 Å². The summed E-state index contributed by atoms with van der Waals surface area (Å²) in [6.07, 6.45) is -0.599. The minimum atomic E-state index is -3.73. The summed E-state index contributed by atoms with van der Waals surface area (Å²) in [5, 5.41) is 2.00. The van der Waals surface area contributed by atoms with Gasteiger partial charge in [-0.1, -0.05) is 0 Å². The zero-order chi connectivity index (χ0) is 22.2. The molecule has 2 heterocycles. The number of rotatable bonds is 5. The molecule has 1 aliphatic heterocycles. The van der Waals surface area contributed by atoms with Crippen molar-refractivity contribution >= 4 is 27.4 Å². The smallest absolute Gasteiger partial charge is 0.319 e. The molecule has 1 N–H and O–H groups in total. The molecule has 30 heavy (non-hydrogen) atoms. The van der Waals surface area contributed by atoms with Gasteiger partial charge in [0.05, 0.1) is 30.6 Å². The fraction of sp³-hybridized carbons (Fsp3) is 0.444. The van der Waals surface area contributed by atoms with E-state index in [9.17, 15) is 26.4 Å². The Morgan fingerprint density at radius 3 is 2.50 bits per heavy atom. The molecule has 12 heteroatoms. The van der Waals surface area contributed by atoms with Gasteiger partial charge in [-0.05, 0) is 12.1 Å². The highest BCUT2D eigenvalue weighted by Gasteiger charge is 2.46. The summed E-state index contributed by atoms with van der Waals surface area (Å²) in [6, 6.07) is 0.640. The first kappa shape index (κ1) is 22.5. The van der Waals surface area contributed by atoms with Gasteiger partial charge >= 0.3 is 6.03 Å². The Hall–Kier alpha value is -2.18. The number of aromatic nitrogens is 1. The lowest BCUT2D eigenvalue weighted by Gasteiger charge is -2.29. The predicted molar refractivity (Wildman–Crippen MR) is 107 cm³/mol. The van der Waals surface area contributed by atoms with E-state index in [4.69, 9.17) is 0 Å². The molecule has 0 bridgehead atoms. The predicted octanol–water partition coefficient (Wildman–Crippen LogP) is 2.25. The zero-order valence-electron chi connectivity index (χ0n) is 16.5. The number of carbonyl (C=O) groups is 1. The fourth-order valence-electron chi connectivity index (χ4n) is 3.41. The van der Waals surface area contributed by atoms with Crippen LogP contribution in [0.15, 0.2) is 23.6 Å². The molecule has 0 aliphatic carbocycles. The van der Waals surface area contributed by atoms with Crippen molar-refractivity contribution < 1.29 is 26.4 Å². The quantitative estimate of drug-likeness (QED) is 0.739. The lowest BCUT2D eigenvalue weighted by atomic mass is 10.0. The van der Waals surface area contributed by atoms with Gasteiger partial charge in [-0.15, -0.1) is 11.3 Å². The number of urea groups is 1. The monoisotopic (exact) mass is 462 g/mol. The molecule has 0 spiro atoms. The molecule has 1 aromatic carbocycles. The largest absolute Gasteiger partial charge is 0.331 e. The maximum atomic E-state index is 14.7. The number of halogens is 3. The van der Waals surface area contributed by atoms with Crippen molar-refractivity contribution in [3.05, 3.63) is 40.9 Å². The first-order valence-electron chi connectivity index (χ1n) is 8.95. The lowest BCUT2D eigenvalue weighted by Crippen LogP contribution is -2.51. The Labute approximate surface area is 176 Å². The number of likely N-dealkylation sites (tertiary alicyclic amines) is 1. The zero-order valence-corrected chi connectivity index (χ0v) is 18.1. The fourth-order valence-corrected chi connectivity index (χ4v) is 5.03. The molecule has 0 unspecified atom stereocenters. The van der Waals surface area contributed by atoms with E-state index in [0.29, 0.717) is 10.7 Å². The number of benzene rings is 1. The van der Waals surface area contributed by atoms with E-state index in [0.717, 1.165) is 35.8 Å². The van der Waals surface area contributed by atoms with Crippen LogP contribution in [0.4, 0.5) is 18.0 Å². The highest BCUT2D eigenvalue weighted by molar-refractivity contribution is 7.88. The van der Waals surface area contributed by atoms with Crippen molar-refractivity contribution in [3.8, 4) is 10.6 Å². The number of nitrogens with zero attached hydrogens (tertiary/aromatic N) is 3. The summed E-state index contributed by atoms with van der Waals surface area (Å²) in [5.74, 6) is -1.48. The Morgan fingerprint density at radius 2 is 1.93 bits per heavy atom. The van der Waals surface area contributed by atoms with Gasteiger partial charge < -0.3 is 9.80 Å². The second kappa shape index (κ2) is 8.52. The second-order valence-electron chi connectivity index (χ2n) is 7.33.